The van der Waals surface area contributed by atoms with E-state index in [4.69, 9.17) is 0 Å². The average Bonchev–Trinajstić information content (AvgIpc) is 2.60. The summed E-state index contributed by atoms with van der Waals surface area (Å²) in [6.45, 7) is 4.56. The molecule has 0 aliphatic heterocycles. The van der Waals surface area contributed by atoms with E-state index in [2.05, 4.69) is 26.0 Å². The molecule has 1 N–H and O–H groups in total. The monoisotopic (exact) mass is 332 g/mol. The van der Waals surface area contributed by atoms with Gasteiger partial charge in [-0.25, -0.2) is 0 Å². The number of rotatable bonds is 15. The Labute approximate surface area is 150 Å². The largest absolute Gasteiger partial charge is 0.508 e. The van der Waals surface area contributed by atoms with Crippen molar-refractivity contribution in [3.8, 4) is 5.75 Å². The summed E-state index contributed by atoms with van der Waals surface area (Å²) >= 11 is 0. The number of hydrogen-bond donors (Lipinski definition) is 1. The van der Waals surface area contributed by atoms with E-state index in [1.54, 1.807) is 0 Å². The van der Waals surface area contributed by atoms with Gasteiger partial charge in [0.15, 0.2) is 0 Å². The number of phenols is 1. The van der Waals surface area contributed by atoms with Gasteiger partial charge in [-0.1, -0.05) is 103 Å². The SMILES string of the molecule is CCCCCCCCC(CCCCCCCC)c1ccc(O)cc1. The maximum Gasteiger partial charge on any atom is 0.115 e. The van der Waals surface area contributed by atoms with E-state index in [0.29, 0.717) is 11.7 Å². The van der Waals surface area contributed by atoms with Gasteiger partial charge < -0.3 is 5.11 Å². The molecule has 138 valence electrons. The normalized spacial score (nSPS) is 11.3. The molecule has 0 atom stereocenters. The zero-order valence-corrected chi connectivity index (χ0v) is 16.2. The van der Waals surface area contributed by atoms with Crippen molar-refractivity contribution in [1.82, 2.24) is 0 Å². The minimum atomic E-state index is 0.386. The lowest BCUT2D eigenvalue weighted by Crippen LogP contribution is -2.00. The molecule has 0 saturated heterocycles. The van der Waals surface area contributed by atoms with Gasteiger partial charge in [-0.15, -0.1) is 0 Å². The molecule has 0 bridgehead atoms. The number of phenolic OH excluding ortho intramolecular Hbond substituents is 1. The second-order valence-electron chi connectivity index (χ2n) is 7.40. The summed E-state index contributed by atoms with van der Waals surface area (Å²) in [5.74, 6) is 1.07. The van der Waals surface area contributed by atoms with Gasteiger partial charge in [0.1, 0.15) is 5.75 Å². The topological polar surface area (TPSA) is 20.2 Å². The van der Waals surface area contributed by atoms with Crippen molar-refractivity contribution in [3.63, 3.8) is 0 Å². The van der Waals surface area contributed by atoms with Crippen molar-refractivity contribution in [2.45, 2.75) is 110 Å². The Hall–Kier alpha value is -0.980. The second kappa shape index (κ2) is 14.4. The molecule has 1 nitrogen and oxygen atoms in total. The molecule has 1 rings (SSSR count). The van der Waals surface area contributed by atoms with E-state index in [1.807, 2.05) is 12.1 Å². The van der Waals surface area contributed by atoms with Gasteiger partial charge in [0.25, 0.3) is 0 Å². The first-order chi connectivity index (χ1) is 11.8. The van der Waals surface area contributed by atoms with Crippen molar-refractivity contribution in [2.75, 3.05) is 0 Å². The maximum absolute atomic E-state index is 9.53. The summed E-state index contributed by atoms with van der Waals surface area (Å²) in [7, 11) is 0. The number of aromatic hydroxyl groups is 1. The summed E-state index contributed by atoms with van der Waals surface area (Å²) < 4.78 is 0. The van der Waals surface area contributed by atoms with Crippen LogP contribution in [0.4, 0.5) is 0 Å². The smallest absolute Gasteiger partial charge is 0.115 e. The second-order valence-corrected chi connectivity index (χ2v) is 7.40. The summed E-state index contributed by atoms with van der Waals surface area (Å²) in [4.78, 5) is 0. The minimum absolute atomic E-state index is 0.386. The summed E-state index contributed by atoms with van der Waals surface area (Å²) in [5.41, 5.74) is 1.43. The molecular formula is C23H40O. The number of hydrogen-bond acceptors (Lipinski definition) is 1. The summed E-state index contributed by atoms with van der Waals surface area (Å²) in [6, 6.07) is 7.97. The molecule has 0 aliphatic rings. The van der Waals surface area contributed by atoms with Gasteiger partial charge in [-0.05, 0) is 36.5 Å². The van der Waals surface area contributed by atoms with Crippen molar-refractivity contribution < 1.29 is 5.11 Å². The molecule has 24 heavy (non-hydrogen) atoms. The minimum Gasteiger partial charge on any atom is -0.508 e. The first kappa shape index (κ1) is 21.1. The quantitative estimate of drug-likeness (QED) is 0.323. The zero-order valence-electron chi connectivity index (χ0n) is 16.2. The highest BCUT2D eigenvalue weighted by Gasteiger charge is 2.11. The predicted molar refractivity (Wildman–Crippen MR) is 107 cm³/mol. The lowest BCUT2D eigenvalue weighted by molar-refractivity contribution is 0.471. The Morgan fingerprint density at radius 3 is 1.50 bits per heavy atom. The van der Waals surface area contributed by atoms with Crippen LogP contribution in [-0.4, -0.2) is 5.11 Å². The van der Waals surface area contributed by atoms with Gasteiger partial charge in [0, 0.05) is 0 Å². The Morgan fingerprint density at radius 2 is 1.04 bits per heavy atom. The highest BCUT2D eigenvalue weighted by Crippen LogP contribution is 2.29. The predicted octanol–water partition coefficient (Wildman–Crippen LogP) is 7.98. The van der Waals surface area contributed by atoms with E-state index in [9.17, 15) is 5.11 Å². The molecule has 1 aromatic rings. The van der Waals surface area contributed by atoms with Crippen LogP contribution < -0.4 is 0 Å². The first-order valence-corrected chi connectivity index (χ1v) is 10.6. The highest BCUT2D eigenvalue weighted by molar-refractivity contribution is 5.28. The molecule has 0 fully saturated rings. The lowest BCUT2D eigenvalue weighted by atomic mass is 9.88. The van der Waals surface area contributed by atoms with E-state index in [-0.39, 0.29) is 0 Å². The number of unbranched alkanes of at least 4 members (excludes halogenated alkanes) is 10. The van der Waals surface area contributed by atoms with Gasteiger partial charge in [-0.2, -0.15) is 0 Å². The van der Waals surface area contributed by atoms with Crippen LogP contribution in [0.5, 0.6) is 5.75 Å². The fraction of sp³-hybridized carbons (Fsp3) is 0.739. The van der Waals surface area contributed by atoms with Crippen molar-refractivity contribution in [3.05, 3.63) is 29.8 Å². The molecule has 0 heterocycles. The van der Waals surface area contributed by atoms with E-state index < -0.39 is 0 Å². The molecule has 1 heteroatoms. The van der Waals surface area contributed by atoms with Crippen LogP contribution >= 0.6 is 0 Å². The van der Waals surface area contributed by atoms with Crippen molar-refractivity contribution >= 4 is 0 Å². The third kappa shape index (κ3) is 10.0. The van der Waals surface area contributed by atoms with E-state index >= 15 is 0 Å². The number of benzene rings is 1. The van der Waals surface area contributed by atoms with Gasteiger partial charge in [0.05, 0.1) is 0 Å². The molecule has 0 aliphatic carbocycles. The van der Waals surface area contributed by atoms with Gasteiger partial charge in [0.2, 0.25) is 0 Å². The maximum atomic E-state index is 9.53. The fourth-order valence-corrected chi connectivity index (χ4v) is 3.57. The highest BCUT2D eigenvalue weighted by atomic mass is 16.3. The van der Waals surface area contributed by atoms with Crippen LogP contribution in [0.3, 0.4) is 0 Å². The summed E-state index contributed by atoms with van der Waals surface area (Å²) in [5, 5.41) is 9.53. The molecule has 0 saturated carbocycles. The van der Waals surface area contributed by atoms with Crippen LogP contribution in [0.2, 0.25) is 0 Å². The van der Waals surface area contributed by atoms with Crippen LogP contribution in [0.25, 0.3) is 0 Å². The molecule has 0 spiro atoms. The Balaban J connectivity index is 2.34. The lowest BCUT2D eigenvalue weighted by Gasteiger charge is -2.18. The summed E-state index contributed by atoms with van der Waals surface area (Å²) in [6.07, 6.45) is 19.1. The molecule has 0 radical (unpaired) electrons. The van der Waals surface area contributed by atoms with E-state index in [1.165, 1.54) is 95.5 Å². The Morgan fingerprint density at radius 1 is 0.625 bits per heavy atom. The fourth-order valence-electron chi connectivity index (χ4n) is 3.57. The van der Waals surface area contributed by atoms with Crippen molar-refractivity contribution in [1.29, 1.82) is 0 Å². The zero-order chi connectivity index (χ0) is 17.5. The standard InChI is InChI=1S/C23H40O/c1-3-5-7-9-11-13-15-21(16-14-12-10-8-6-4-2)22-17-19-23(24)20-18-22/h17-21,24H,3-16H2,1-2H3. The molecular weight excluding hydrogens is 292 g/mol. The third-order valence-corrected chi connectivity index (χ3v) is 5.18. The van der Waals surface area contributed by atoms with Gasteiger partial charge in [-0.3, -0.25) is 0 Å². The molecule has 1 aromatic carbocycles. The molecule has 0 unspecified atom stereocenters. The van der Waals surface area contributed by atoms with Crippen LogP contribution in [0.1, 0.15) is 115 Å². The van der Waals surface area contributed by atoms with Crippen LogP contribution in [0, 0.1) is 0 Å². The Kier molecular flexibility index (Phi) is 12.6. The van der Waals surface area contributed by atoms with Gasteiger partial charge >= 0.3 is 0 Å². The van der Waals surface area contributed by atoms with Crippen molar-refractivity contribution in [2.24, 2.45) is 0 Å². The third-order valence-electron chi connectivity index (χ3n) is 5.18. The molecule has 0 amide bonds. The molecule has 0 aromatic heterocycles. The van der Waals surface area contributed by atoms with E-state index in [0.717, 1.165) is 0 Å². The van der Waals surface area contributed by atoms with Crippen LogP contribution in [-0.2, 0) is 0 Å². The Bertz CT molecular complexity index is 366. The average molecular weight is 333 g/mol. The van der Waals surface area contributed by atoms with Crippen LogP contribution in [0.15, 0.2) is 24.3 Å². The first-order valence-electron chi connectivity index (χ1n) is 10.6.